The molecule has 2 heterocycles. The quantitative estimate of drug-likeness (QED) is 0.363. The van der Waals surface area contributed by atoms with E-state index in [1.54, 1.807) is 0 Å². The first-order valence-electron chi connectivity index (χ1n) is 11.5. The van der Waals surface area contributed by atoms with Crippen LogP contribution < -0.4 is 0 Å². The van der Waals surface area contributed by atoms with E-state index in [1.807, 2.05) is 36.4 Å². The summed E-state index contributed by atoms with van der Waals surface area (Å²) in [6.07, 6.45) is 2.71. The van der Waals surface area contributed by atoms with E-state index in [-0.39, 0.29) is 0 Å². The number of rotatable bonds is 6. The first-order valence-corrected chi connectivity index (χ1v) is 11.5. The van der Waals surface area contributed by atoms with Crippen molar-refractivity contribution >= 4 is 11.0 Å². The normalized spacial score (nSPS) is 14.2. The van der Waals surface area contributed by atoms with E-state index >= 15 is 0 Å². The molecule has 32 heavy (non-hydrogen) atoms. The van der Waals surface area contributed by atoms with E-state index in [1.165, 1.54) is 16.5 Å². The summed E-state index contributed by atoms with van der Waals surface area (Å²) in [7, 11) is 0. The fraction of sp³-hybridized carbons (Fsp3) is 0.276. The zero-order valence-corrected chi connectivity index (χ0v) is 18.6. The van der Waals surface area contributed by atoms with Crippen LogP contribution in [0, 0.1) is 18.3 Å². The number of hydrogen-bond acceptors (Lipinski definition) is 3. The number of benzene rings is 3. The Hall–Kier alpha value is -3.35. The Kier molecular flexibility index (Phi) is 5.55. The third kappa shape index (κ3) is 3.72. The highest BCUT2D eigenvalue weighted by atomic mass is 16.3. The maximum Gasteiger partial charge on any atom is 0.134 e. The number of aryl methyl sites for hydroxylation is 1. The average Bonchev–Trinajstić information content (AvgIpc) is 3.20. The summed E-state index contributed by atoms with van der Waals surface area (Å²) in [5.74, 6) is 1.14. The minimum Gasteiger partial charge on any atom is -0.461 e. The van der Waals surface area contributed by atoms with Crippen molar-refractivity contribution < 1.29 is 4.42 Å². The lowest BCUT2D eigenvalue weighted by Crippen LogP contribution is -2.33. The van der Waals surface area contributed by atoms with Crippen LogP contribution in [0.25, 0.3) is 11.0 Å². The van der Waals surface area contributed by atoms with Gasteiger partial charge in [0.2, 0.25) is 0 Å². The van der Waals surface area contributed by atoms with Crippen molar-refractivity contribution in [2.75, 3.05) is 13.1 Å². The van der Waals surface area contributed by atoms with Gasteiger partial charge in [-0.1, -0.05) is 72.3 Å². The highest BCUT2D eigenvalue weighted by molar-refractivity contribution is 5.83. The van der Waals surface area contributed by atoms with Gasteiger partial charge in [0, 0.05) is 30.5 Å². The molecule has 0 radical (unpaired) electrons. The summed E-state index contributed by atoms with van der Waals surface area (Å²) in [4.78, 5) is 2.51. The van der Waals surface area contributed by atoms with Crippen LogP contribution in [0.5, 0.6) is 0 Å². The summed E-state index contributed by atoms with van der Waals surface area (Å²) in [5.41, 5.74) is 5.13. The van der Waals surface area contributed by atoms with Crippen LogP contribution in [-0.4, -0.2) is 18.0 Å². The molecule has 0 saturated heterocycles. The zero-order valence-electron chi connectivity index (χ0n) is 18.6. The molecule has 3 nitrogen and oxygen atoms in total. The molecule has 160 valence electrons. The van der Waals surface area contributed by atoms with Crippen molar-refractivity contribution in [2.45, 2.75) is 38.1 Å². The number of nitrogens with zero attached hydrogens (tertiary/aromatic N) is 2. The summed E-state index contributed by atoms with van der Waals surface area (Å²) in [6, 6.07) is 29.6. The molecule has 3 heteroatoms. The smallest absolute Gasteiger partial charge is 0.134 e. The Bertz CT molecular complexity index is 1210. The van der Waals surface area contributed by atoms with Crippen LogP contribution in [0.2, 0.25) is 0 Å². The Morgan fingerprint density at radius 3 is 2.31 bits per heavy atom. The molecule has 3 aromatic carbocycles. The van der Waals surface area contributed by atoms with Gasteiger partial charge in [0.05, 0.1) is 6.07 Å². The lowest BCUT2D eigenvalue weighted by molar-refractivity contribution is 0.235. The maximum atomic E-state index is 10.4. The van der Waals surface area contributed by atoms with E-state index in [0.29, 0.717) is 0 Å². The molecule has 0 unspecified atom stereocenters. The molecule has 0 spiro atoms. The first kappa shape index (κ1) is 20.5. The molecule has 0 saturated carbocycles. The Morgan fingerprint density at radius 2 is 1.66 bits per heavy atom. The Labute approximate surface area is 189 Å². The van der Waals surface area contributed by atoms with Gasteiger partial charge in [0.1, 0.15) is 16.8 Å². The highest BCUT2D eigenvalue weighted by Crippen LogP contribution is 2.37. The minimum atomic E-state index is -0.622. The molecule has 1 aromatic heterocycles. The molecule has 4 aromatic rings. The van der Waals surface area contributed by atoms with Crippen LogP contribution in [0.1, 0.15) is 40.9 Å². The van der Waals surface area contributed by atoms with Gasteiger partial charge in [0.25, 0.3) is 0 Å². The number of hydrogen-bond donors (Lipinski definition) is 0. The number of furan rings is 1. The van der Waals surface area contributed by atoms with E-state index in [2.05, 4.69) is 60.4 Å². The molecular weight excluding hydrogens is 392 g/mol. The van der Waals surface area contributed by atoms with Crippen molar-refractivity contribution in [3.05, 3.63) is 107 Å². The van der Waals surface area contributed by atoms with Crippen molar-refractivity contribution in [1.82, 2.24) is 4.90 Å². The van der Waals surface area contributed by atoms with Gasteiger partial charge in [-0.2, -0.15) is 5.26 Å². The van der Waals surface area contributed by atoms with Crippen LogP contribution in [0.4, 0.5) is 0 Å². The zero-order chi connectivity index (χ0) is 22.0. The van der Waals surface area contributed by atoms with Crippen LogP contribution in [-0.2, 0) is 18.4 Å². The lowest BCUT2D eigenvalue weighted by atomic mass is 9.72. The average molecular weight is 421 g/mol. The largest absolute Gasteiger partial charge is 0.461 e. The molecule has 5 rings (SSSR count). The maximum absolute atomic E-state index is 10.4. The lowest BCUT2D eigenvalue weighted by Gasteiger charge is -2.31. The third-order valence-electron chi connectivity index (χ3n) is 6.82. The predicted molar refractivity (Wildman–Crippen MR) is 128 cm³/mol. The van der Waals surface area contributed by atoms with Crippen molar-refractivity contribution in [3.63, 3.8) is 0 Å². The molecule has 1 aliphatic heterocycles. The van der Waals surface area contributed by atoms with Gasteiger partial charge < -0.3 is 4.42 Å². The second-order valence-corrected chi connectivity index (χ2v) is 8.88. The second kappa shape index (κ2) is 8.65. The van der Waals surface area contributed by atoms with Gasteiger partial charge in [-0.3, -0.25) is 4.90 Å². The fourth-order valence-corrected chi connectivity index (χ4v) is 5.10. The Balaban J connectivity index is 1.35. The van der Waals surface area contributed by atoms with Crippen LogP contribution in [0.3, 0.4) is 0 Å². The van der Waals surface area contributed by atoms with Gasteiger partial charge in [0.15, 0.2) is 0 Å². The molecule has 0 fully saturated rings. The van der Waals surface area contributed by atoms with Gasteiger partial charge >= 0.3 is 0 Å². The molecule has 0 aliphatic carbocycles. The second-order valence-electron chi connectivity index (χ2n) is 8.88. The SMILES string of the molecule is Cc1ccc2oc3c(c2c1)CN(CCCC(C#N)(c1ccccc1)c1ccccc1)CC3. The van der Waals surface area contributed by atoms with E-state index in [0.717, 1.165) is 61.4 Å². The van der Waals surface area contributed by atoms with Crippen LogP contribution in [0.15, 0.2) is 83.3 Å². The van der Waals surface area contributed by atoms with Crippen molar-refractivity contribution in [2.24, 2.45) is 0 Å². The molecular formula is C29H28N2O. The number of nitriles is 1. The summed E-state index contributed by atoms with van der Waals surface area (Å²) in [6.45, 7) is 5.03. The minimum absolute atomic E-state index is 0.622. The summed E-state index contributed by atoms with van der Waals surface area (Å²) >= 11 is 0. The molecule has 0 atom stereocenters. The molecule has 0 bridgehead atoms. The highest BCUT2D eigenvalue weighted by Gasteiger charge is 2.34. The van der Waals surface area contributed by atoms with Crippen molar-refractivity contribution in [1.29, 1.82) is 5.26 Å². The predicted octanol–water partition coefficient (Wildman–Crippen LogP) is 6.39. The fourth-order valence-electron chi connectivity index (χ4n) is 5.10. The van der Waals surface area contributed by atoms with E-state index < -0.39 is 5.41 Å². The monoisotopic (exact) mass is 420 g/mol. The molecule has 1 aliphatic rings. The van der Waals surface area contributed by atoms with Gasteiger partial charge in [-0.05, 0) is 49.6 Å². The van der Waals surface area contributed by atoms with E-state index in [4.69, 9.17) is 4.42 Å². The topological polar surface area (TPSA) is 40.2 Å². The standard InChI is InChI=1S/C29H28N2O/c1-22-13-14-27-25(19-22)26-20-31(18-15-28(26)32-27)17-8-16-29(21-30,23-9-4-2-5-10-23)24-11-6-3-7-12-24/h2-7,9-14,19H,8,15-18,20H2,1H3. The van der Waals surface area contributed by atoms with Gasteiger partial charge in [-0.15, -0.1) is 0 Å². The Morgan fingerprint density at radius 1 is 0.969 bits per heavy atom. The summed E-state index contributed by atoms with van der Waals surface area (Å²) in [5, 5.41) is 11.6. The first-order chi connectivity index (χ1) is 15.7. The van der Waals surface area contributed by atoms with Crippen LogP contribution >= 0.6 is 0 Å². The van der Waals surface area contributed by atoms with Gasteiger partial charge in [-0.25, -0.2) is 0 Å². The van der Waals surface area contributed by atoms with Crippen molar-refractivity contribution in [3.8, 4) is 6.07 Å². The summed E-state index contributed by atoms with van der Waals surface area (Å²) < 4.78 is 6.12. The molecule has 0 amide bonds. The third-order valence-corrected chi connectivity index (χ3v) is 6.82. The molecule has 0 N–H and O–H groups in total. The van der Waals surface area contributed by atoms with E-state index in [9.17, 15) is 5.26 Å². The number of fused-ring (bicyclic) bond motifs is 3.